The second-order valence-electron chi connectivity index (χ2n) is 10.4. The molecule has 0 amide bonds. The minimum absolute atomic E-state index is 0.0372. The van der Waals surface area contributed by atoms with Crippen LogP contribution in [0.5, 0.6) is 0 Å². The monoisotopic (exact) mass is 543 g/mol. The van der Waals surface area contributed by atoms with Crippen molar-refractivity contribution in [3.8, 4) is 0 Å². The zero-order valence-electron chi connectivity index (χ0n) is 21.9. The fraction of sp³-hybridized carbons (Fsp3) is 0.560. The van der Waals surface area contributed by atoms with Crippen LogP contribution in [0.15, 0.2) is 53.2 Å². The molecule has 0 aliphatic heterocycles. The molecule has 0 fully saturated rings. The molecule has 192 valence electrons. The van der Waals surface area contributed by atoms with Gasteiger partial charge in [-0.15, -0.1) is 12.6 Å². The molecule has 0 saturated heterocycles. The van der Waals surface area contributed by atoms with Gasteiger partial charge in [0, 0.05) is 29.1 Å². The lowest BCUT2D eigenvalue weighted by atomic mass is 9.97. The molecule has 1 N–H and O–H groups in total. The first-order chi connectivity index (χ1) is 15.6. The Bertz CT molecular complexity index is 911. The van der Waals surface area contributed by atoms with E-state index in [1.54, 1.807) is 13.0 Å². The molecule has 0 saturated carbocycles. The van der Waals surface area contributed by atoms with Crippen LogP contribution in [-0.2, 0) is 24.9 Å². The summed E-state index contributed by atoms with van der Waals surface area (Å²) in [4.78, 5) is 13.4. The number of benzene rings is 1. The molecule has 1 aromatic rings. The van der Waals surface area contributed by atoms with Crippen molar-refractivity contribution < 1.29 is 18.3 Å². The van der Waals surface area contributed by atoms with Crippen LogP contribution in [0.3, 0.4) is 0 Å². The summed E-state index contributed by atoms with van der Waals surface area (Å²) >= 11 is 5.57. The van der Waals surface area contributed by atoms with E-state index < -0.39 is 21.3 Å². The van der Waals surface area contributed by atoms with Gasteiger partial charge in [0.25, 0.3) is 7.52 Å². The van der Waals surface area contributed by atoms with Crippen LogP contribution in [0.1, 0.15) is 47.1 Å². The summed E-state index contributed by atoms with van der Waals surface area (Å²) in [5.41, 5.74) is 0.373. The average Bonchev–Trinajstić information content (AvgIpc) is 2.78. The lowest BCUT2D eigenvalue weighted by Crippen LogP contribution is -2.44. The number of thioether (sulfide) groups is 1. The van der Waals surface area contributed by atoms with E-state index in [1.165, 1.54) is 11.8 Å². The summed E-state index contributed by atoms with van der Waals surface area (Å²) in [5, 5.41) is 3.69. The highest BCUT2D eigenvalue weighted by molar-refractivity contribution is 8.13. The van der Waals surface area contributed by atoms with Crippen LogP contribution < -0.4 is 5.09 Å². The second kappa shape index (κ2) is 13.1. The van der Waals surface area contributed by atoms with Gasteiger partial charge in [0.2, 0.25) is 0 Å². The molecule has 34 heavy (non-hydrogen) atoms. The number of carbonyl (C=O) groups is 1. The van der Waals surface area contributed by atoms with Crippen molar-refractivity contribution in [3.05, 3.63) is 58.8 Å². The highest BCUT2D eigenvalue weighted by atomic mass is 32.2. The standard InChI is InChI=1S/C25H42NO4PS2Si/c1-10-22(32)20(2)31(28,26-18-21-14-12-11-13-15-21)29-16-17-33-23(27)25(6,7)19-30-34(8,9)24(3,4)5/h10-15,32H,1,16-19H2,2-9H3,(H,26,28). The highest BCUT2D eigenvalue weighted by Gasteiger charge is 2.40. The Kier molecular flexibility index (Phi) is 12.1. The van der Waals surface area contributed by atoms with Crippen LogP contribution in [-0.4, -0.2) is 32.4 Å². The van der Waals surface area contributed by atoms with Gasteiger partial charge in [-0.3, -0.25) is 9.36 Å². The summed E-state index contributed by atoms with van der Waals surface area (Å²) in [6.07, 6.45) is 1.54. The fourth-order valence-corrected chi connectivity index (χ4v) is 6.61. The van der Waals surface area contributed by atoms with Gasteiger partial charge in [-0.1, -0.05) is 75.5 Å². The molecule has 1 aromatic carbocycles. The third-order valence-electron chi connectivity index (χ3n) is 6.08. The lowest BCUT2D eigenvalue weighted by molar-refractivity contribution is -0.119. The largest absolute Gasteiger partial charge is 0.416 e. The van der Waals surface area contributed by atoms with Crippen molar-refractivity contribution in [2.45, 2.75) is 66.2 Å². The molecule has 9 heteroatoms. The Morgan fingerprint density at radius 1 is 1.21 bits per heavy atom. The third kappa shape index (κ3) is 9.45. The molecule has 1 rings (SSSR count). The number of hydrogen-bond donors (Lipinski definition) is 2. The lowest BCUT2D eigenvalue weighted by Gasteiger charge is -2.38. The Morgan fingerprint density at radius 3 is 2.32 bits per heavy atom. The van der Waals surface area contributed by atoms with E-state index in [0.717, 1.165) is 5.56 Å². The minimum Gasteiger partial charge on any atom is -0.416 e. The van der Waals surface area contributed by atoms with Gasteiger partial charge in [0.1, 0.15) is 0 Å². The highest BCUT2D eigenvalue weighted by Crippen LogP contribution is 2.53. The first-order valence-corrected chi connectivity index (χ1v) is 17.4. The van der Waals surface area contributed by atoms with Gasteiger partial charge in [0.05, 0.1) is 12.0 Å². The molecule has 0 bridgehead atoms. The van der Waals surface area contributed by atoms with E-state index in [-0.39, 0.29) is 16.8 Å². The summed E-state index contributed by atoms with van der Waals surface area (Å²) in [6.45, 7) is 21.1. The molecule has 0 aliphatic carbocycles. The normalized spacial score (nSPS) is 15.4. The number of hydrogen-bond acceptors (Lipinski definition) is 6. The summed E-state index contributed by atoms with van der Waals surface area (Å²) in [5.74, 6) is 0.392. The Morgan fingerprint density at radius 2 is 1.79 bits per heavy atom. The van der Waals surface area contributed by atoms with E-state index in [1.807, 2.05) is 44.2 Å². The summed E-state index contributed by atoms with van der Waals surface area (Å²) < 4.78 is 25.8. The van der Waals surface area contributed by atoms with Crippen LogP contribution in [0.4, 0.5) is 0 Å². The van der Waals surface area contributed by atoms with Crippen LogP contribution >= 0.6 is 31.9 Å². The van der Waals surface area contributed by atoms with Crippen LogP contribution in [0.2, 0.25) is 18.1 Å². The smallest absolute Gasteiger partial charge is 0.296 e. The van der Waals surface area contributed by atoms with Gasteiger partial charge in [-0.2, -0.15) is 0 Å². The average molecular weight is 544 g/mol. The van der Waals surface area contributed by atoms with Gasteiger partial charge < -0.3 is 8.95 Å². The van der Waals surface area contributed by atoms with Crippen molar-refractivity contribution in [2.24, 2.45) is 5.41 Å². The van der Waals surface area contributed by atoms with Crippen molar-refractivity contribution >= 4 is 45.3 Å². The molecular weight excluding hydrogens is 501 g/mol. The number of carbonyl (C=O) groups excluding carboxylic acids is 1. The predicted molar refractivity (Wildman–Crippen MR) is 153 cm³/mol. The molecule has 0 heterocycles. The Labute approximate surface area is 217 Å². The zero-order valence-corrected chi connectivity index (χ0v) is 25.5. The van der Waals surface area contributed by atoms with Crippen LogP contribution in [0, 0.1) is 5.41 Å². The van der Waals surface area contributed by atoms with E-state index in [4.69, 9.17) is 8.95 Å². The maximum Gasteiger partial charge on any atom is 0.296 e. The number of thiol groups is 1. The van der Waals surface area contributed by atoms with E-state index in [9.17, 15) is 9.36 Å². The number of nitrogens with one attached hydrogen (secondary N) is 1. The van der Waals surface area contributed by atoms with Crippen LogP contribution in [0.25, 0.3) is 0 Å². The first-order valence-electron chi connectivity index (χ1n) is 11.4. The maximum absolute atomic E-state index is 13.6. The quantitative estimate of drug-likeness (QED) is 0.0876. The second-order valence-corrected chi connectivity index (χ2v) is 19.2. The van der Waals surface area contributed by atoms with E-state index in [0.29, 0.717) is 29.1 Å². The summed E-state index contributed by atoms with van der Waals surface area (Å²) in [6, 6.07) is 9.69. The number of rotatable bonds is 13. The van der Waals surface area contributed by atoms with Gasteiger partial charge in [-0.25, -0.2) is 5.09 Å². The molecule has 1 atom stereocenters. The topological polar surface area (TPSA) is 64.6 Å². The van der Waals surface area contributed by atoms with Crippen molar-refractivity contribution in [3.63, 3.8) is 0 Å². The van der Waals surface area contributed by atoms with Gasteiger partial charge in [0.15, 0.2) is 13.4 Å². The Balaban J connectivity index is 2.73. The molecule has 0 aromatic heterocycles. The summed E-state index contributed by atoms with van der Waals surface area (Å²) in [7, 11) is -5.30. The maximum atomic E-state index is 13.6. The van der Waals surface area contributed by atoms with Gasteiger partial charge in [-0.05, 0) is 44.5 Å². The van der Waals surface area contributed by atoms with Crippen molar-refractivity contribution in [1.29, 1.82) is 0 Å². The first kappa shape index (κ1) is 31.4. The van der Waals surface area contributed by atoms with E-state index in [2.05, 4.69) is 58.2 Å². The molecular formula is C25H42NO4PS2Si. The molecule has 0 aliphatic rings. The van der Waals surface area contributed by atoms with Crippen molar-refractivity contribution in [2.75, 3.05) is 19.0 Å². The van der Waals surface area contributed by atoms with Gasteiger partial charge >= 0.3 is 0 Å². The fourth-order valence-electron chi connectivity index (χ4n) is 2.48. The zero-order chi connectivity index (χ0) is 26.2. The molecule has 0 radical (unpaired) electrons. The van der Waals surface area contributed by atoms with E-state index >= 15 is 0 Å². The molecule has 1 unspecified atom stereocenters. The SMILES string of the molecule is C=CC(S)=C(C)P(=O)(NCc1ccccc1)OCCSC(=O)C(C)(C)CO[Si](C)(C)C(C)(C)C. The minimum atomic E-state index is -3.36. The Hall–Kier alpha value is -0.603. The number of allylic oxidation sites excluding steroid dienone is 2. The van der Waals surface area contributed by atoms with Crippen molar-refractivity contribution in [1.82, 2.24) is 5.09 Å². The third-order valence-corrected chi connectivity index (χ3v) is 14.7. The molecule has 5 nitrogen and oxygen atoms in total. The predicted octanol–water partition coefficient (Wildman–Crippen LogP) is 7.64. The molecule has 0 spiro atoms.